The number of rotatable bonds is 7. The highest BCUT2D eigenvalue weighted by atomic mass is 19.1. The Bertz CT molecular complexity index is 774. The van der Waals surface area contributed by atoms with E-state index in [-0.39, 0.29) is 18.3 Å². The van der Waals surface area contributed by atoms with Gasteiger partial charge in [-0.25, -0.2) is 14.4 Å². The summed E-state index contributed by atoms with van der Waals surface area (Å²) in [5, 5.41) is 5.85. The van der Waals surface area contributed by atoms with Gasteiger partial charge in [0.25, 0.3) is 5.91 Å². The van der Waals surface area contributed by atoms with E-state index >= 15 is 0 Å². The van der Waals surface area contributed by atoms with Crippen LogP contribution in [-0.4, -0.2) is 22.4 Å². The summed E-state index contributed by atoms with van der Waals surface area (Å²) in [5.74, 6) is -0.157. The predicted octanol–water partition coefficient (Wildman–Crippen LogP) is 3.85. The Morgan fingerprint density at radius 1 is 1.15 bits per heavy atom. The van der Waals surface area contributed by atoms with Crippen LogP contribution in [0.5, 0.6) is 0 Å². The van der Waals surface area contributed by atoms with E-state index in [4.69, 9.17) is 0 Å². The van der Waals surface area contributed by atoms with Crippen LogP contribution in [0.1, 0.15) is 48.0 Å². The van der Waals surface area contributed by atoms with Crippen LogP contribution in [0.3, 0.4) is 0 Å². The van der Waals surface area contributed by atoms with Gasteiger partial charge in [0, 0.05) is 31.0 Å². The topological polar surface area (TPSA) is 66.9 Å². The minimum absolute atomic E-state index is 0.126. The molecule has 6 heteroatoms. The largest absolute Gasteiger partial charge is 0.354 e. The zero-order chi connectivity index (χ0) is 18.2. The van der Waals surface area contributed by atoms with Gasteiger partial charge in [-0.2, -0.15) is 0 Å². The second-order valence-corrected chi connectivity index (χ2v) is 6.35. The standard InChI is InChI=1S/C20H23FN4O/c21-18-9-5-4-8-16(18)12-23-19(26)17-13-24-20(25-14-17)22-11-10-15-6-2-1-3-7-15/h4-6,8-9,13-14H,1-3,7,10-12H2,(H,23,26)(H,22,24,25). The maximum Gasteiger partial charge on any atom is 0.254 e. The van der Waals surface area contributed by atoms with E-state index in [1.54, 1.807) is 18.2 Å². The lowest BCUT2D eigenvalue weighted by Crippen LogP contribution is -2.23. The van der Waals surface area contributed by atoms with Crippen LogP contribution in [0, 0.1) is 5.82 Å². The summed E-state index contributed by atoms with van der Waals surface area (Å²) >= 11 is 0. The Morgan fingerprint density at radius 3 is 2.69 bits per heavy atom. The molecular formula is C20H23FN4O. The van der Waals surface area contributed by atoms with Crippen molar-refractivity contribution in [3.05, 3.63) is 65.3 Å². The Kier molecular flexibility index (Phi) is 6.30. The Labute approximate surface area is 152 Å². The molecule has 2 aromatic rings. The van der Waals surface area contributed by atoms with Gasteiger partial charge >= 0.3 is 0 Å². The number of benzene rings is 1. The normalized spacial score (nSPS) is 13.8. The maximum absolute atomic E-state index is 13.6. The van der Waals surface area contributed by atoms with Crippen molar-refractivity contribution in [3.63, 3.8) is 0 Å². The second kappa shape index (κ2) is 9.08. The number of anilines is 1. The van der Waals surface area contributed by atoms with Crippen molar-refractivity contribution in [1.29, 1.82) is 0 Å². The molecule has 1 aromatic heterocycles. The van der Waals surface area contributed by atoms with Gasteiger partial charge in [-0.05, 0) is 38.2 Å². The van der Waals surface area contributed by atoms with E-state index in [1.807, 2.05) is 0 Å². The van der Waals surface area contributed by atoms with Gasteiger partial charge in [0.05, 0.1) is 5.56 Å². The molecule has 1 heterocycles. The predicted molar refractivity (Wildman–Crippen MR) is 99.3 cm³/mol. The first-order valence-corrected chi connectivity index (χ1v) is 8.98. The third kappa shape index (κ3) is 5.12. The number of hydrogen-bond donors (Lipinski definition) is 2. The first-order valence-electron chi connectivity index (χ1n) is 8.98. The Balaban J connectivity index is 1.46. The molecule has 0 radical (unpaired) electrons. The summed E-state index contributed by atoms with van der Waals surface area (Å²) in [7, 11) is 0. The van der Waals surface area contributed by atoms with Gasteiger partial charge in [0.15, 0.2) is 0 Å². The van der Waals surface area contributed by atoms with Crippen LogP contribution >= 0.6 is 0 Å². The van der Waals surface area contributed by atoms with Crippen LogP contribution < -0.4 is 10.6 Å². The van der Waals surface area contributed by atoms with Gasteiger partial charge in [-0.3, -0.25) is 4.79 Å². The highest BCUT2D eigenvalue weighted by Crippen LogP contribution is 2.19. The molecule has 26 heavy (non-hydrogen) atoms. The van der Waals surface area contributed by atoms with Gasteiger partial charge in [0.1, 0.15) is 5.82 Å². The minimum Gasteiger partial charge on any atom is -0.354 e. The number of aromatic nitrogens is 2. The van der Waals surface area contributed by atoms with Crippen LogP contribution in [0.2, 0.25) is 0 Å². The van der Waals surface area contributed by atoms with Crippen molar-refractivity contribution in [3.8, 4) is 0 Å². The average molecular weight is 354 g/mol. The summed E-state index contributed by atoms with van der Waals surface area (Å²) < 4.78 is 13.6. The molecule has 0 atom stereocenters. The maximum atomic E-state index is 13.6. The van der Waals surface area contributed by atoms with Gasteiger partial charge < -0.3 is 10.6 Å². The van der Waals surface area contributed by atoms with Crippen molar-refractivity contribution < 1.29 is 9.18 Å². The smallest absolute Gasteiger partial charge is 0.254 e. The molecule has 0 unspecified atom stereocenters. The van der Waals surface area contributed by atoms with E-state index in [0.717, 1.165) is 13.0 Å². The van der Waals surface area contributed by atoms with Crippen molar-refractivity contribution in [2.75, 3.05) is 11.9 Å². The fourth-order valence-corrected chi connectivity index (χ4v) is 2.92. The molecule has 1 aromatic carbocycles. The van der Waals surface area contributed by atoms with E-state index in [1.165, 1.54) is 49.7 Å². The highest BCUT2D eigenvalue weighted by molar-refractivity contribution is 5.93. The number of carbonyl (C=O) groups excluding carboxylic acids is 1. The summed E-state index contributed by atoms with van der Waals surface area (Å²) in [6.07, 6.45) is 11.2. The number of amides is 1. The summed E-state index contributed by atoms with van der Waals surface area (Å²) in [4.78, 5) is 20.5. The van der Waals surface area contributed by atoms with E-state index in [2.05, 4.69) is 26.7 Å². The summed E-state index contributed by atoms with van der Waals surface area (Å²) in [5.41, 5.74) is 2.28. The van der Waals surface area contributed by atoms with Crippen molar-refractivity contribution in [2.24, 2.45) is 0 Å². The lowest BCUT2D eigenvalue weighted by atomic mass is 9.97. The quantitative estimate of drug-likeness (QED) is 0.741. The number of hydrogen-bond acceptors (Lipinski definition) is 4. The molecule has 136 valence electrons. The molecule has 5 nitrogen and oxygen atoms in total. The van der Waals surface area contributed by atoms with Crippen LogP contribution in [0.4, 0.5) is 10.3 Å². The fourth-order valence-electron chi connectivity index (χ4n) is 2.92. The molecule has 0 fully saturated rings. The number of nitrogens with one attached hydrogen (secondary N) is 2. The zero-order valence-electron chi connectivity index (χ0n) is 14.7. The highest BCUT2D eigenvalue weighted by Gasteiger charge is 2.09. The third-order valence-corrected chi connectivity index (χ3v) is 4.43. The molecule has 0 saturated heterocycles. The van der Waals surface area contributed by atoms with Crippen LogP contribution in [0.25, 0.3) is 0 Å². The van der Waals surface area contributed by atoms with Gasteiger partial charge in [0.2, 0.25) is 5.95 Å². The molecule has 0 spiro atoms. The van der Waals surface area contributed by atoms with Crippen LogP contribution in [0.15, 0.2) is 48.3 Å². The zero-order valence-corrected chi connectivity index (χ0v) is 14.7. The monoisotopic (exact) mass is 354 g/mol. The first-order chi connectivity index (χ1) is 12.7. The molecular weight excluding hydrogens is 331 g/mol. The van der Waals surface area contributed by atoms with Crippen LogP contribution in [-0.2, 0) is 6.54 Å². The molecule has 2 N–H and O–H groups in total. The summed E-state index contributed by atoms with van der Waals surface area (Å²) in [6.45, 7) is 0.908. The van der Waals surface area contributed by atoms with Gasteiger partial charge in [-0.15, -0.1) is 0 Å². The summed E-state index contributed by atoms with van der Waals surface area (Å²) in [6, 6.07) is 6.36. The second-order valence-electron chi connectivity index (χ2n) is 6.35. The van der Waals surface area contributed by atoms with Gasteiger partial charge in [-0.1, -0.05) is 29.8 Å². The molecule has 0 saturated carbocycles. The average Bonchev–Trinajstić information content (AvgIpc) is 2.68. The van der Waals surface area contributed by atoms with Crippen molar-refractivity contribution >= 4 is 11.9 Å². The van der Waals surface area contributed by atoms with E-state index in [0.29, 0.717) is 17.1 Å². The molecule has 0 bridgehead atoms. The molecule has 1 aliphatic carbocycles. The number of nitrogens with zero attached hydrogens (tertiary/aromatic N) is 2. The number of carbonyl (C=O) groups is 1. The first kappa shape index (κ1) is 18.0. The van der Waals surface area contributed by atoms with Crippen molar-refractivity contribution in [1.82, 2.24) is 15.3 Å². The third-order valence-electron chi connectivity index (χ3n) is 4.43. The molecule has 1 amide bonds. The SMILES string of the molecule is O=C(NCc1ccccc1F)c1cnc(NCCC2=CCCCC2)nc1. The lowest BCUT2D eigenvalue weighted by Gasteiger charge is -2.12. The van der Waals surface area contributed by atoms with E-state index < -0.39 is 0 Å². The number of halogens is 1. The fraction of sp³-hybridized carbons (Fsp3) is 0.350. The van der Waals surface area contributed by atoms with Crippen molar-refractivity contribution in [2.45, 2.75) is 38.6 Å². The Hall–Kier alpha value is -2.76. The number of allylic oxidation sites excluding steroid dienone is 1. The van der Waals surface area contributed by atoms with E-state index in [9.17, 15) is 9.18 Å². The molecule has 3 rings (SSSR count). The Morgan fingerprint density at radius 2 is 1.96 bits per heavy atom. The lowest BCUT2D eigenvalue weighted by molar-refractivity contribution is 0.0950. The minimum atomic E-state index is -0.336. The molecule has 1 aliphatic rings. The molecule has 0 aliphatic heterocycles.